The third-order valence-corrected chi connectivity index (χ3v) is 4.26. The lowest BCUT2D eigenvalue weighted by atomic mass is 9.98. The van der Waals surface area contributed by atoms with Gasteiger partial charge in [0.15, 0.2) is 17.5 Å². The number of aromatic carboxylic acids is 1. The van der Waals surface area contributed by atoms with E-state index in [4.69, 9.17) is 10.8 Å². The van der Waals surface area contributed by atoms with E-state index >= 15 is 0 Å². The zero-order chi connectivity index (χ0) is 15.9. The van der Waals surface area contributed by atoms with Crippen molar-refractivity contribution in [2.75, 3.05) is 5.73 Å². The highest BCUT2D eigenvalue weighted by Crippen LogP contribution is 2.43. The minimum atomic E-state index is -1.56. The van der Waals surface area contributed by atoms with Crippen molar-refractivity contribution in [2.45, 2.75) is 19.8 Å². The van der Waals surface area contributed by atoms with Crippen LogP contribution in [0.4, 0.5) is 18.9 Å². The molecule has 3 N–H and O–H groups in total. The van der Waals surface area contributed by atoms with Crippen LogP contribution in [0.1, 0.15) is 35.0 Å². The summed E-state index contributed by atoms with van der Waals surface area (Å²) in [7, 11) is 0. The molecule has 0 atom stereocenters. The number of anilines is 1. The molecule has 0 saturated heterocycles. The minimum Gasteiger partial charge on any atom is -0.477 e. The summed E-state index contributed by atoms with van der Waals surface area (Å²) in [5, 5.41) is 9.11. The molecule has 0 radical (unpaired) electrons. The fourth-order valence-corrected chi connectivity index (χ4v) is 3.29. The Morgan fingerprint density at radius 1 is 1.24 bits per heavy atom. The molecule has 0 bridgehead atoms. The van der Waals surface area contributed by atoms with E-state index in [0.717, 1.165) is 23.5 Å². The van der Waals surface area contributed by atoms with Crippen LogP contribution in [-0.4, -0.2) is 11.1 Å². The van der Waals surface area contributed by atoms with Gasteiger partial charge < -0.3 is 10.8 Å². The summed E-state index contributed by atoms with van der Waals surface area (Å²) < 4.78 is 39.8. The number of benzene rings is 1. The van der Waals surface area contributed by atoms with Gasteiger partial charge in [-0.3, -0.25) is 0 Å². The molecule has 0 aliphatic rings. The van der Waals surface area contributed by atoms with E-state index in [0.29, 0.717) is 10.4 Å². The maximum absolute atomic E-state index is 13.4. The number of carbonyl (C=O) groups is 1. The molecule has 0 unspecified atom stereocenters. The Kier molecular flexibility index (Phi) is 3.95. The third-order valence-electron chi connectivity index (χ3n) is 3.00. The summed E-state index contributed by atoms with van der Waals surface area (Å²) in [5.74, 6) is -5.59. The Balaban J connectivity index is 2.74. The summed E-state index contributed by atoms with van der Waals surface area (Å²) in [6, 6.07) is 1.67. The third kappa shape index (κ3) is 2.61. The van der Waals surface area contributed by atoms with Gasteiger partial charge in [-0.2, -0.15) is 0 Å². The van der Waals surface area contributed by atoms with Gasteiger partial charge in [0.25, 0.3) is 0 Å². The monoisotopic (exact) mass is 315 g/mol. The van der Waals surface area contributed by atoms with Crippen LogP contribution < -0.4 is 5.73 Å². The maximum Gasteiger partial charge on any atom is 0.348 e. The number of thiophene rings is 1. The van der Waals surface area contributed by atoms with Crippen molar-refractivity contribution < 1.29 is 23.1 Å². The van der Waals surface area contributed by atoms with E-state index in [1.165, 1.54) is 0 Å². The molecular weight excluding hydrogens is 303 g/mol. The van der Waals surface area contributed by atoms with Crippen molar-refractivity contribution in [1.29, 1.82) is 0 Å². The van der Waals surface area contributed by atoms with Crippen molar-refractivity contribution in [1.82, 2.24) is 0 Å². The van der Waals surface area contributed by atoms with Gasteiger partial charge >= 0.3 is 5.97 Å². The normalized spacial score (nSPS) is 11.1. The Bertz CT molecular complexity index is 702. The topological polar surface area (TPSA) is 63.3 Å². The molecule has 112 valence electrons. The Morgan fingerprint density at radius 3 is 2.19 bits per heavy atom. The Morgan fingerprint density at radius 2 is 1.76 bits per heavy atom. The molecule has 0 aliphatic heterocycles. The Hall–Kier alpha value is -2.02. The van der Waals surface area contributed by atoms with Crippen LogP contribution >= 0.6 is 11.3 Å². The smallest absolute Gasteiger partial charge is 0.348 e. The summed E-state index contributed by atoms with van der Waals surface area (Å²) >= 11 is 0.819. The number of carboxylic acid groups (broad SMARTS) is 1. The molecule has 2 aromatic rings. The highest BCUT2D eigenvalue weighted by atomic mass is 32.1. The van der Waals surface area contributed by atoms with Crippen LogP contribution in [0.15, 0.2) is 12.1 Å². The first-order chi connectivity index (χ1) is 9.73. The van der Waals surface area contributed by atoms with Gasteiger partial charge in [0.2, 0.25) is 0 Å². The SMILES string of the molecule is CC(C)c1c(-c2cc(F)c(F)c(F)c2)sc(C(=O)O)c1N. The summed E-state index contributed by atoms with van der Waals surface area (Å²) in [6.45, 7) is 3.56. The van der Waals surface area contributed by atoms with Gasteiger partial charge in [-0.05, 0) is 29.2 Å². The van der Waals surface area contributed by atoms with Crippen LogP contribution in [0, 0.1) is 17.5 Å². The fourth-order valence-electron chi connectivity index (χ4n) is 2.09. The molecule has 7 heteroatoms. The van der Waals surface area contributed by atoms with Crippen LogP contribution in [0.5, 0.6) is 0 Å². The van der Waals surface area contributed by atoms with E-state index in [9.17, 15) is 18.0 Å². The summed E-state index contributed by atoms with van der Waals surface area (Å²) in [5.41, 5.74) is 6.45. The van der Waals surface area contributed by atoms with E-state index in [1.54, 1.807) is 13.8 Å². The number of rotatable bonds is 3. The predicted molar refractivity (Wildman–Crippen MR) is 75.1 cm³/mol. The van der Waals surface area contributed by atoms with Gasteiger partial charge in [-0.1, -0.05) is 13.8 Å². The van der Waals surface area contributed by atoms with Crippen LogP contribution in [0.2, 0.25) is 0 Å². The van der Waals surface area contributed by atoms with Crippen LogP contribution in [0.3, 0.4) is 0 Å². The largest absolute Gasteiger partial charge is 0.477 e. The molecule has 0 spiro atoms. The molecule has 1 aromatic carbocycles. The number of nitrogens with two attached hydrogens (primary N) is 1. The van der Waals surface area contributed by atoms with E-state index in [-0.39, 0.29) is 22.0 Å². The van der Waals surface area contributed by atoms with Crippen molar-refractivity contribution in [3.63, 3.8) is 0 Å². The molecular formula is C14H12F3NO2S. The number of halogens is 3. The molecule has 0 saturated carbocycles. The van der Waals surface area contributed by atoms with Gasteiger partial charge in [-0.15, -0.1) is 11.3 Å². The molecule has 0 aliphatic carbocycles. The highest BCUT2D eigenvalue weighted by Gasteiger charge is 2.24. The molecule has 21 heavy (non-hydrogen) atoms. The van der Waals surface area contributed by atoms with Crippen LogP contribution in [-0.2, 0) is 0 Å². The fraction of sp³-hybridized carbons (Fsp3) is 0.214. The van der Waals surface area contributed by atoms with Crippen molar-refractivity contribution in [3.8, 4) is 10.4 Å². The van der Waals surface area contributed by atoms with Crippen molar-refractivity contribution in [2.24, 2.45) is 0 Å². The molecule has 0 amide bonds. The predicted octanol–water partition coefficient (Wildman–Crippen LogP) is 4.24. The number of nitrogen functional groups attached to an aromatic ring is 1. The standard InChI is InChI=1S/C14H12F3NO2S/c1-5(2)9-11(18)13(14(19)20)21-12(9)6-3-7(15)10(17)8(16)4-6/h3-5H,18H2,1-2H3,(H,19,20). The molecule has 3 nitrogen and oxygen atoms in total. The summed E-state index contributed by atoms with van der Waals surface area (Å²) in [4.78, 5) is 11.4. The minimum absolute atomic E-state index is 0.0688. The average molecular weight is 315 g/mol. The van der Waals surface area contributed by atoms with Gasteiger partial charge in [0, 0.05) is 4.88 Å². The lowest BCUT2D eigenvalue weighted by Gasteiger charge is -2.09. The zero-order valence-corrected chi connectivity index (χ0v) is 12.0. The first kappa shape index (κ1) is 15.4. The van der Waals surface area contributed by atoms with E-state index in [1.807, 2.05) is 0 Å². The van der Waals surface area contributed by atoms with Crippen molar-refractivity contribution in [3.05, 3.63) is 40.0 Å². The molecule has 2 rings (SSSR count). The van der Waals surface area contributed by atoms with E-state index in [2.05, 4.69) is 0 Å². The first-order valence-electron chi connectivity index (χ1n) is 6.04. The molecule has 1 aromatic heterocycles. The second-order valence-electron chi connectivity index (χ2n) is 4.80. The lowest BCUT2D eigenvalue weighted by Crippen LogP contribution is -2.01. The lowest BCUT2D eigenvalue weighted by molar-refractivity contribution is 0.0703. The molecule has 0 fully saturated rings. The second kappa shape index (κ2) is 5.40. The Labute approximate surface area is 122 Å². The van der Waals surface area contributed by atoms with E-state index < -0.39 is 23.4 Å². The average Bonchev–Trinajstić information content (AvgIpc) is 2.73. The first-order valence-corrected chi connectivity index (χ1v) is 6.86. The maximum atomic E-state index is 13.4. The van der Waals surface area contributed by atoms with Gasteiger partial charge in [0.05, 0.1) is 5.69 Å². The second-order valence-corrected chi connectivity index (χ2v) is 5.82. The number of carboxylic acids is 1. The highest BCUT2D eigenvalue weighted by molar-refractivity contribution is 7.18. The van der Waals surface area contributed by atoms with Crippen LogP contribution in [0.25, 0.3) is 10.4 Å². The zero-order valence-electron chi connectivity index (χ0n) is 11.2. The summed E-state index contributed by atoms with van der Waals surface area (Å²) in [6.07, 6.45) is 0. The molecule has 1 heterocycles. The van der Waals surface area contributed by atoms with Crippen molar-refractivity contribution >= 4 is 23.0 Å². The quantitative estimate of drug-likeness (QED) is 0.833. The number of hydrogen-bond donors (Lipinski definition) is 2. The number of hydrogen-bond acceptors (Lipinski definition) is 3. The van der Waals surface area contributed by atoms with Gasteiger partial charge in [-0.25, -0.2) is 18.0 Å². The van der Waals surface area contributed by atoms with Gasteiger partial charge in [0.1, 0.15) is 4.88 Å².